The Balaban J connectivity index is 2.23. The molecule has 2 aliphatic heterocycles. The fraction of sp³-hybridized carbons (Fsp3) is 0.750. The van der Waals surface area contributed by atoms with E-state index in [0.29, 0.717) is 13.0 Å². The van der Waals surface area contributed by atoms with Crippen molar-refractivity contribution in [3.63, 3.8) is 0 Å². The van der Waals surface area contributed by atoms with Crippen molar-refractivity contribution < 1.29 is 28.6 Å². The van der Waals surface area contributed by atoms with E-state index in [1.54, 1.807) is 34.6 Å². The molecule has 0 radical (unpaired) electrons. The van der Waals surface area contributed by atoms with Gasteiger partial charge in [-0.2, -0.15) is 0 Å². The van der Waals surface area contributed by atoms with Crippen molar-refractivity contribution >= 4 is 17.8 Å². The summed E-state index contributed by atoms with van der Waals surface area (Å²) in [6.07, 6.45) is 1.79. The maximum atomic E-state index is 13.2. The van der Waals surface area contributed by atoms with E-state index in [4.69, 9.17) is 14.2 Å². The third-order valence-electron chi connectivity index (χ3n) is 4.61. The Hall–Kier alpha value is -2.05. The molecule has 2 heterocycles. The van der Waals surface area contributed by atoms with Gasteiger partial charge in [0.1, 0.15) is 11.4 Å². The van der Waals surface area contributed by atoms with Gasteiger partial charge in [-0.1, -0.05) is 19.9 Å². The smallest absolute Gasteiger partial charge is 0.410 e. The molecule has 3 atom stereocenters. The van der Waals surface area contributed by atoms with E-state index >= 15 is 0 Å². The van der Waals surface area contributed by atoms with Crippen LogP contribution in [0.4, 0.5) is 4.79 Å². The number of ether oxygens (including phenoxy) is 3. The largest absolute Gasteiger partial charge is 0.456 e. The monoisotopic (exact) mass is 381 g/mol. The van der Waals surface area contributed by atoms with Crippen LogP contribution in [0, 0.1) is 11.8 Å². The second-order valence-electron chi connectivity index (χ2n) is 8.76. The molecule has 7 nitrogen and oxygen atoms in total. The average Bonchev–Trinajstić information content (AvgIpc) is 2.87. The van der Waals surface area contributed by atoms with Crippen LogP contribution in [0.2, 0.25) is 0 Å². The van der Waals surface area contributed by atoms with Crippen molar-refractivity contribution in [2.45, 2.75) is 78.2 Å². The van der Waals surface area contributed by atoms with Crippen molar-refractivity contribution in [2.24, 2.45) is 11.8 Å². The fourth-order valence-electron chi connectivity index (χ4n) is 3.63. The van der Waals surface area contributed by atoms with E-state index in [-0.39, 0.29) is 11.7 Å². The first-order valence-corrected chi connectivity index (χ1v) is 9.48. The Morgan fingerprint density at radius 1 is 1.30 bits per heavy atom. The van der Waals surface area contributed by atoms with Gasteiger partial charge in [0.25, 0.3) is 0 Å². The lowest BCUT2D eigenvalue weighted by Gasteiger charge is -2.37. The average molecular weight is 381 g/mol. The molecule has 2 rings (SSSR count). The summed E-state index contributed by atoms with van der Waals surface area (Å²) in [7, 11) is 0. The zero-order valence-corrected chi connectivity index (χ0v) is 17.2. The minimum atomic E-state index is -1.23. The number of hydrogen-bond donors (Lipinski definition) is 0. The minimum Gasteiger partial charge on any atom is -0.456 e. The highest BCUT2D eigenvalue weighted by Gasteiger charge is 2.50. The number of amides is 1. The van der Waals surface area contributed by atoms with E-state index in [0.717, 1.165) is 12.8 Å². The molecule has 0 saturated carbocycles. The van der Waals surface area contributed by atoms with Crippen molar-refractivity contribution in [3.8, 4) is 0 Å². The molecule has 0 aromatic rings. The molecule has 1 amide bonds. The number of carbonyl (C=O) groups excluding carboxylic acids is 3. The lowest BCUT2D eigenvalue weighted by atomic mass is 9.91. The zero-order valence-electron chi connectivity index (χ0n) is 17.2. The summed E-state index contributed by atoms with van der Waals surface area (Å²) in [5, 5.41) is 0. The highest BCUT2D eigenvalue weighted by atomic mass is 16.7. The highest BCUT2D eigenvalue weighted by molar-refractivity contribution is 6.05. The number of rotatable bonds is 4. The molecule has 0 bridgehead atoms. The number of ketones is 1. The summed E-state index contributed by atoms with van der Waals surface area (Å²) >= 11 is 0. The van der Waals surface area contributed by atoms with Crippen LogP contribution in [0.1, 0.15) is 60.8 Å². The topological polar surface area (TPSA) is 82.1 Å². The fourth-order valence-corrected chi connectivity index (χ4v) is 3.63. The van der Waals surface area contributed by atoms with Crippen LogP contribution >= 0.6 is 0 Å². The van der Waals surface area contributed by atoms with Gasteiger partial charge in [-0.3, -0.25) is 14.5 Å². The number of Topliss-reactive ketones (excluding diaryl/α,β-unsaturated/α-hetero) is 1. The minimum absolute atomic E-state index is 0.0596. The summed E-state index contributed by atoms with van der Waals surface area (Å²) in [4.78, 5) is 39.7. The van der Waals surface area contributed by atoms with Crippen molar-refractivity contribution in [3.05, 3.63) is 12.3 Å². The van der Waals surface area contributed by atoms with Gasteiger partial charge in [0.15, 0.2) is 11.7 Å². The van der Waals surface area contributed by atoms with Crippen LogP contribution < -0.4 is 0 Å². The van der Waals surface area contributed by atoms with Gasteiger partial charge in [0, 0.05) is 20.4 Å². The summed E-state index contributed by atoms with van der Waals surface area (Å²) < 4.78 is 16.2. The third-order valence-corrected chi connectivity index (χ3v) is 4.61. The molecule has 2 fully saturated rings. The molecule has 0 aromatic carbocycles. The Bertz CT molecular complexity index is 613. The summed E-state index contributed by atoms with van der Waals surface area (Å²) in [5.74, 6) is -3.26. The zero-order chi connectivity index (χ0) is 20.6. The lowest BCUT2D eigenvalue weighted by Crippen LogP contribution is -2.50. The molecule has 0 spiro atoms. The number of nitrogens with zero attached hydrogens (tertiary/aromatic N) is 1. The highest BCUT2D eigenvalue weighted by Crippen LogP contribution is 2.35. The number of likely N-dealkylation sites (tertiary alicyclic amines) is 1. The number of esters is 1. The Morgan fingerprint density at radius 2 is 1.93 bits per heavy atom. The molecular formula is C20H31NO6. The van der Waals surface area contributed by atoms with Gasteiger partial charge < -0.3 is 14.2 Å². The number of cyclic esters (lactones) is 1. The second-order valence-corrected chi connectivity index (χ2v) is 8.76. The van der Waals surface area contributed by atoms with Crippen molar-refractivity contribution in [1.82, 2.24) is 4.90 Å². The molecule has 0 aromatic heterocycles. The molecule has 0 N–H and O–H groups in total. The van der Waals surface area contributed by atoms with Gasteiger partial charge in [-0.05, 0) is 39.5 Å². The molecule has 3 unspecified atom stereocenters. The van der Waals surface area contributed by atoms with Crippen LogP contribution in [0.3, 0.4) is 0 Å². The van der Waals surface area contributed by atoms with Crippen LogP contribution in [-0.2, 0) is 23.8 Å². The Morgan fingerprint density at radius 3 is 2.44 bits per heavy atom. The molecule has 2 aliphatic rings. The Labute approximate surface area is 161 Å². The maximum Gasteiger partial charge on any atom is 0.410 e. The molecule has 0 aliphatic carbocycles. The first-order valence-electron chi connectivity index (χ1n) is 9.48. The third kappa shape index (κ3) is 5.02. The van der Waals surface area contributed by atoms with Gasteiger partial charge in [-0.25, -0.2) is 4.79 Å². The lowest BCUT2D eigenvalue weighted by molar-refractivity contribution is -0.226. The number of carbonyl (C=O) groups is 3. The normalized spacial score (nSPS) is 27.8. The SMILES string of the molecule is C=C1OC(C)(C)OC(=O)C1C(=O)C1CC(CCC)CN1C(=O)OC(C)(C)C. The van der Waals surface area contributed by atoms with E-state index < -0.39 is 41.2 Å². The summed E-state index contributed by atoms with van der Waals surface area (Å²) in [5.41, 5.74) is -0.673. The second kappa shape index (κ2) is 7.52. The standard InChI is InChI=1S/C20H31NO6/c1-8-9-13-10-14(21(11-13)18(24)27-19(3,4)5)16(22)15-12(2)25-20(6,7)26-17(15)23/h13-15H,2,8-11H2,1,3-7H3. The van der Waals surface area contributed by atoms with Crippen LogP contribution in [0.15, 0.2) is 12.3 Å². The Kier molecular flexibility index (Phi) is 5.92. The maximum absolute atomic E-state index is 13.2. The first-order chi connectivity index (χ1) is 12.3. The van der Waals surface area contributed by atoms with Gasteiger partial charge in [0.2, 0.25) is 5.79 Å². The van der Waals surface area contributed by atoms with Crippen LogP contribution in [0.5, 0.6) is 0 Å². The molecule has 7 heteroatoms. The molecule has 152 valence electrons. The van der Waals surface area contributed by atoms with E-state index in [1.165, 1.54) is 4.90 Å². The van der Waals surface area contributed by atoms with E-state index in [9.17, 15) is 14.4 Å². The molecule has 2 saturated heterocycles. The summed E-state index contributed by atoms with van der Waals surface area (Å²) in [6.45, 7) is 14.7. The number of hydrogen-bond acceptors (Lipinski definition) is 6. The van der Waals surface area contributed by atoms with Gasteiger partial charge in [-0.15, -0.1) is 0 Å². The van der Waals surface area contributed by atoms with Crippen molar-refractivity contribution in [2.75, 3.05) is 6.54 Å². The van der Waals surface area contributed by atoms with Gasteiger partial charge in [0.05, 0.1) is 6.04 Å². The van der Waals surface area contributed by atoms with Crippen LogP contribution in [0.25, 0.3) is 0 Å². The molecular weight excluding hydrogens is 350 g/mol. The predicted octanol–water partition coefficient (Wildman–Crippen LogP) is 3.42. The van der Waals surface area contributed by atoms with Crippen LogP contribution in [-0.4, -0.2) is 46.7 Å². The quantitative estimate of drug-likeness (QED) is 0.548. The van der Waals surface area contributed by atoms with Crippen molar-refractivity contribution in [1.29, 1.82) is 0 Å². The first kappa shape index (κ1) is 21.3. The van der Waals surface area contributed by atoms with E-state index in [2.05, 4.69) is 13.5 Å². The van der Waals surface area contributed by atoms with E-state index in [1.807, 2.05) is 0 Å². The summed E-state index contributed by atoms with van der Waals surface area (Å²) in [6, 6.07) is -0.754. The molecule has 27 heavy (non-hydrogen) atoms. The predicted molar refractivity (Wildman–Crippen MR) is 98.6 cm³/mol. The van der Waals surface area contributed by atoms with Gasteiger partial charge >= 0.3 is 12.1 Å².